The second-order valence-corrected chi connectivity index (χ2v) is 6.83. The molecule has 1 aliphatic carbocycles. The van der Waals surface area contributed by atoms with E-state index >= 15 is 0 Å². The van der Waals surface area contributed by atoms with Crippen LogP contribution in [0.2, 0.25) is 0 Å². The molecule has 1 fully saturated rings. The largest absolute Gasteiger partial charge is 0.471 e. The number of alkyl halides is 2. The van der Waals surface area contributed by atoms with Gasteiger partial charge in [-0.3, -0.25) is 14.5 Å². The summed E-state index contributed by atoms with van der Waals surface area (Å²) in [5.41, 5.74) is 2.55. The molecule has 7 nitrogen and oxygen atoms in total. The molecule has 0 radical (unpaired) electrons. The monoisotopic (exact) mass is 387 g/mol. The van der Waals surface area contributed by atoms with Gasteiger partial charge in [-0.25, -0.2) is 13.8 Å². The summed E-state index contributed by atoms with van der Waals surface area (Å²) in [6, 6.07) is 3.82. The smallest absolute Gasteiger partial charge is 0.272 e. The maximum absolute atomic E-state index is 12.4. The number of amides is 1. The highest BCUT2D eigenvalue weighted by atomic mass is 19.3. The zero-order valence-electron chi connectivity index (χ0n) is 15.2. The molecule has 3 heterocycles. The number of nitrogens with one attached hydrogen (secondary N) is 1. The lowest BCUT2D eigenvalue weighted by atomic mass is 10.2. The number of carbonyl (C=O) groups is 1. The molecule has 146 valence electrons. The third-order valence-corrected chi connectivity index (χ3v) is 4.39. The van der Waals surface area contributed by atoms with Crippen LogP contribution >= 0.6 is 0 Å². The second kappa shape index (κ2) is 7.49. The Labute approximate surface area is 159 Å². The lowest BCUT2D eigenvalue weighted by Crippen LogP contribution is -2.26. The maximum atomic E-state index is 12.4. The summed E-state index contributed by atoms with van der Waals surface area (Å²) in [6.45, 7) is 1.49. The average Bonchev–Trinajstić information content (AvgIpc) is 3.36. The average molecular weight is 387 g/mol. The number of aryl methyl sites for hydroxylation is 1. The molecule has 0 spiro atoms. The zero-order chi connectivity index (χ0) is 19.7. The van der Waals surface area contributed by atoms with Crippen molar-refractivity contribution in [3.63, 3.8) is 0 Å². The lowest BCUT2D eigenvalue weighted by Gasteiger charge is -2.09. The fraction of sp³-hybridized carbons (Fsp3) is 0.368. The Kier molecular flexibility index (Phi) is 4.89. The first-order chi connectivity index (χ1) is 13.5. The Morgan fingerprint density at radius 1 is 1.39 bits per heavy atom. The number of carbonyl (C=O) groups excluding carboxylic acids is 1. The van der Waals surface area contributed by atoms with Crippen LogP contribution in [0.1, 0.15) is 34.5 Å². The van der Waals surface area contributed by atoms with E-state index in [-0.39, 0.29) is 17.8 Å². The maximum Gasteiger partial charge on any atom is 0.272 e. The van der Waals surface area contributed by atoms with E-state index in [0.717, 1.165) is 18.4 Å². The highest BCUT2D eigenvalue weighted by molar-refractivity contribution is 6.04. The van der Waals surface area contributed by atoms with Crippen molar-refractivity contribution < 1.29 is 18.3 Å². The molecule has 4 rings (SSSR count). The van der Waals surface area contributed by atoms with E-state index in [1.54, 1.807) is 36.3 Å². The molecule has 0 saturated heterocycles. The van der Waals surface area contributed by atoms with Gasteiger partial charge >= 0.3 is 0 Å². The molecule has 0 aromatic carbocycles. The molecule has 1 aliphatic rings. The minimum atomic E-state index is -2.54. The third-order valence-electron chi connectivity index (χ3n) is 4.39. The van der Waals surface area contributed by atoms with Crippen molar-refractivity contribution in [1.82, 2.24) is 25.1 Å². The van der Waals surface area contributed by atoms with Crippen molar-refractivity contribution in [3.8, 4) is 5.88 Å². The van der Waals surface area contributed by atoms with E-state index in [9.17, 15) is 13.6 Å². The van der Waals surface area contributed by atoms with E-state index in [1.807, 2.05) is 6.07 Å². The van der Waals surface area contributed by atoms with Gasteiger partial charge in [-0.15, -0.1) is 0 Å². The van der Waals surface area contributed by atoms with Gasteiger partial charge < -0.3 is 10.1 Å². The topological polar surface area (TPSA) is 81.9 Å². The molecule has 0 unspecified atom stereocenters. The van der Waals surface area contributed by atoms with E-state index in [1.165, 1.54) is 0 Å². The number of fused-ring (bicyclic) bond motifs is 1. The van der Waals surface area contributed by atoms with Crippen molar-refractivity contribution in [2.24, 2.45) is 0 Å². The number of aromatic nitrogens is 4. The van der Waals surface area contributed by atoms with Gasteiger partial charge in [0.05, 0.1) is 17.4 Å². The van der Waals surface area contributed by atoms with Gasteiger partial charge in [0.25, 0.3) is 12.3 Å². The predicted octanol–water partition coefficient (Wildman–Crippen LogP) is 2.72. The molecule has 3 aromatic heterocycles. The van der Waals surface area contributed by atoms with Gasteiger partial charge in [-0.2, -0.15) is 5.10 Å². The fourth-order valence-corrected chi connectivity index (χ4v) is 2.92. The first-order valence-corrected chi connectivity index (χ1v) is 8.99. The Bertz CT molecular complexity index is 1020. The van der Waals surface area contributed by atoms with Gasteiger partial charge in [-0.1, -0.05) is 0 Å². The highest BCUT2D eigenvalue weighted by Gasteiger charge is 2.25. The highest BCUT2D eigenvalue weighted by Crippen LogP contribution is 2.22. The van der Waals surface area contributed by atoms with Crippen LogP contribution in [0.3, 0.4) is 0 Å². The summed E-state index contributed by atoms with van der Waals surface area (Å²) in [7, 11) is 0. The van der Waals surface area contributed by atoms with Crippen LogP contribution in [-0.2, 0) is 6.54 Å². The number of hydrogen-bond donors (Lipinski definition) is 1. The van der Waals surface area contributed by atoms with Gasteiger partial charge in [0.1, 0.15) is 5.69 Å². The predicted molar refractivity (Wildman–Crippen MR) is 97.6 cm³/mol. The first kappa shape index (κ1) is 18.3. The van der Waals surface area contributed by atoms with Crippen molar-refractivity contribution in [3.05, 3.63) is 47.5 Å². The first-order valence-electron chi connectivity index (χ1n) is 8.99. The molecule has 1 saturated carbocycles. The van der Waals surface area contributed by atoms with Crippen molar-refractivity contribution in [1.29, 1.82) is 0 Å². The van der Waals surface area contributed by atoms with E-state index in [2.05, 4.69) is 20.4 Å². The molecule has 9 heteroatoms. The third kappa shape index (κ3) is 4.08. The van der Waals surface area contributed by atoms with Crippen LogP contribution in [0.25, 0.3) is 10.9 Å². The second-order valence-electron chi connectivity index (χ2n) is 6.83. The molecule has 1 N–H and O–H groups in total. The number of hydrogen-bond acceptors (Lipinski definition) is 5. The summed E-state index contributed by atoms with van der Waals surface area (Å²) in [5, 5.41) is 8.12. The molecular weight excluding hydrogens is 368 g/mol. The Hall–Kier alpha value is -3.10. The molecule has 1 amide bonds. The molecular formula is C19H19F2N5O2. The van der Waals surface area contributed by atoms with Crippen LogP contribution in [0.15, 0.2) is 30.7 Å². The lowest BCUT2D eigenvalue weighted by molar-refractivity contribution is 0.0792. The van der Waals surface area contributed by atoms with Crippen LogP contribution < -0.4 is 10.1 Å². The Balaban J connectivity index is 1.53. The molecule has 0 aliphatic heterocycles. The summed E-state index contributed by atoms with van der Waals surface area (Å²) < 4.78 is 31.3. The van der Waals surface area contributed by atoms with Crippen molar-refractivity contribution >= 4 is 16.8 Å². The number of nitrogens with zero attached hydrogens (tertiary/aromatic N) is 4. The number of halogens is 2. The van der Waals surface area contributed by atoms with Crippen molar-refractivity contribution in [2.45, 2.75) is 38.8 Å². The zero-order valence-corrected chi connectivity index (χ0v) is 15.2. The number of ether oxygens (including phenoxy) is 1. The summed E-state index contributed by atoms with van der Waals surface area (Å²) >= 11 is 0. The number of rotatable bonds is 7. The molecule has 0 atom stereocenters. The van der Waals surface area contributed by atoms with E-state index < -0.39 is 13.0 Å². The van der Waals surface area contributed by atoms with Crippen LogP contribution in [0, 0.1) is 6.92 Å². The SMILES string of the molecule is Cc1cc(Cn2cc3c(C(=O)NC4CC4)nccc3n2)cnc1OCC(F)F. The van der Waals surface area contributed by atoms with Crippen molar-refractivity contribution in [2.75, 3.05) is 6.61 Å². The Morgan fingerprint density at radius 3 is 2.93 bits per heavy atom. The van der Waals surface area contributed by atoms with Gasteiger partial charge in [0.2, 0.25) is 5.88 Å². The summed E-state index contributed by atoms with van der Waals surface area (Å²) in [4.78, 5) is 20.7. The summed E-state index contributed by atoms with van der Waals surface area (Å²) in [6.07, 6.45) is 4.38. The standard InChI is InChI=1S/C19H19F2N5O2/c1-11-6-12(7-23-19(11)28-10-16(20)21)8-26-9-14-15(25-26)4-5-22-17(14)18(27)24-13-2-3-13/h4-7,9,13,16H,2-3,8,10H2,1H3,(H,24,27). The Morgan fingerprint density at radius 2 is 2.21 bits per heavy atom. The summed E-state index contributed by atoms with van der Waals surface area (Å²) in [5.74, 6) is 0.00334. The van der Waals surface area contributed by atoms with Gasteiger partial charge in [0.15, 0.2) is 6.61 Å². The quantitative estimate of drug-likeness (QED) is 0.674. The van der Waals surface area contributed by atoms with Crippen LogP contribution in [0.5, 0.6) is 5.88 Å². The van der Waals surface area contributed by atoms with E-state index in [4.69, 9.17) is 4.74 Å². The molecule has 0 bridgehead atoms. The van der Waals surface area contributed by atoms with Gasteiger partial charge in [-0.05, 0) is 37.5 Å². The normalized spacial score (nSPS) is 13.9. The molecule has 3 aromatic rings. The van der Waals surface area contributed by atoms with Gasteiger partial charge in [0, 0.05) is 30.2 Å². The minimum absolute atomic E-state index is 0.189. The minimum Gasteiger partial charge on any atom is -0.471 e. The number of pyridine rings is 2. The molecule has 28 heavy (non-hydrogen) atoms. The van der Waals surface area contributed by atoms with E-state index in [0.29, 0.717) is 28.7 Å². The fourth-order valence-electron chi connectivity index (χ4n) is 2.92. The van der Waals surface area contributed by atoms with Crippen LogP contribution in [-0.4, -0.2) is 44.7 Å². The van der Waals surface area contributed by atoms with Crippen LogP contribution in [0.4, 0.5) is 8.78 Å².